The van der Waals surface area contributed by atoms with E-state index in [1.165, 1.54) is 26.0 Å². The summed E-state index contributed by atoms with van der Waals surface area (Å²) in [6.07, 6.45) is 0. The molecule has 0 heterocycles. The fraction of sp³-hybridized carbons (Fsp3) is 0.429. The second kappa shape index (κ2) is 7.37. The average Bonchev–Trinajstić information content (AvgIpc) is 2.33. The first-order valence-corrected chi connectivity index (χ1v) is 6.28. The molecule has 1 aromatic carbocycles. The minimum atomic E-state index is -0.478. The smallest absolute Gasteiger partial charge is 0.308 e. The van der Waals surface area contributed by atoms with Gasteiger partial charge in [-0.2, -0.15) is 0 Å². The number of hydrogen-bond donors (Lipinski definition) is 0. The zero-order valence-electron chi connectivity index (χ0n) is 12.0. The maximum atomic E-state index is 11.1. The van der Waals surface area contributed by atoms with Crippen molar-refractivity contribution in [2.24, 2.45) is 0 Å². The predicted molar refractivity (Wildman–Crippen MR) is 71.4 cm³/mol. The van der Waals surface area contributed by atoms with Crippen molar-refractivity contribution in [3.8, 4) is 23.0 Å². The Labute approximate surface area is 117 Å². The molecule has 1 rings (SSSR count). The van der Waals surface area contributed by atoms with Crippen molar-refractivity contribution in [3.05, 3.63) is 12.1 Å². The van der Waals surface area contributed by atoms with Gasteiger partial charge in [-0.05, 0) is 13.8 Å². The van der Waals surface area contributed by atoms with E-state index in [-0.39, 0.29) is 11.5 Å². The van der Waals surface area contributed by atoms with E-state index in [2.05, 4.69) is 0 Å². The lowest BCUT2D eigenvalue weighted by Crippen LogP contribution is -2.08. The summed E-state index contributed by atoms with van der Waals surface area (Å²) < 4.78 is 20.9. The van der Waals surface area contributed by atoms with E-state index in [0.29, 0.717) is 24.7 Å². The van der Waals surface area contributed by atoms with Gasteiger partial charge in [-0.3, -0.25) is 9.59 Å². The predicted octanol–water partition coefficient (Wildman–Crippen LogP) is 2.33. The van der Waals surface area contributed by atoms with Crippen molar-refractivity contribution < 1.29 is 28.5 Å². The van der Waals surface area contributed by atoms with Crippen molar-refractivity contribution in [2.75, 3.05) is 13.2 Å². The molecule has 0 saturated heterocycles. The largest absolute Gasteiger partial charge is 0.490 e. The third-order valence-electron chi connectivity index (χ3n) is 2.12. The van der Waals surface area contributed by atoms with Gasteiger partial charge < -0.3 is 18.9 Å². The molecule has 0 atom stereocenters. The maximum absolute atomic E-state index is 11.1. The van der Waals surface area contributed by atoms with Gasteiger partial charge in [0.2, 0.25) is 0 Å². The van der Waals surface area contributed by atoms with Crippen LogP contribution in [0.5, 0.6) is 23.0 Å². The van der Waals surface area contributed by atoms with E-state index in [9.17, 15) is 9.59 Å². The van der Waals surface area contributed by atoms with Gasteiger partial charge in [0.1, 0.15) is 0 Å². The standard InChI is InChI=1S/C14H18O6/c1-5-17-11-7-14(20-10(4)16)12(18-6-2)8-13(11)19-9(3)15/h7-8H,5-6H2,1-4H3. The molecule has 0 aliphatic heterocycles. The van der Waals surface area contributed by atoms with E-state index in [1.807, 2.05) is 0 Å². The topological polar surface area (TPSA) is 71.1 Å². The molecule has 20 heavy (non-hydrogen) atoms. The van der Waals surface area contributed by atoms with Crippen LogP contribution in [0.15, 0.2) is 12.1 Å². The monoisotopic (exact) mass is 282 g/mol. The zero-order chi connectivity index (χ0) is 15.1. The highest BCUT2D eigenvalue weighted by Gasteiger charge is 2.17. The highest BCUT2D eigenvalue weighted by molar-refractivity contribution is 5.73. The third-order valence-corrected chi connectivity index (χ3v) is 2.12. The summed E-state index contributed by atoms with van der Waals surface area (Å²) >= 11 is 0. The van der Waals surface area contributed by atoms with Crippen molar-refractivity contribution in [1.29, 1.82) is 0 Å². The zero-order valence-corrected chi connectivity index (χ0v) is 12.0. The normalized spacial score (nSPS) is 9.80. The number of hydrogen-bond acceptors (Lipinski definition) is 6. The van der Waals surface area contributed by atoms with Crippen LogP contribution in [0.1, 0.15) is 27.7 Å². The fourth-order valence-electron chi connectivity index (χ4n) is 1.53. The molecule has 0 spiro atoms. The molecule has 0 aromatic heterocycles. The molecular weight excluding hydrogens is 264 g/mol. The maximum Gasteiger partial charge on any atom is 0.308 e. The Morgan fingerprint density at radius 1 is 0.800 bits per heavy atom. The Balaban J connectivity index is 3.25. The van der Waals surface area contributed by atoms with Crippen molar-refractivity contribution >= 4 is 11.9 Å². The van der Waals surface area contributed by atoms with E-state index >= 15 is 0 Å². The van der Waals surface area contributed by atoms with Crippen LogP contribution in [0.25, 0.3) is 0 Å². The lowest BCUT2D eigenvalue weighted by atomic mass is 10.2. The van der Waals surface area contributed by atoms with Gasteiger partial charge >= 0.3 is 11.9 Å². The van der Waals surface area contributed by atoms with Gasteiger partial charge in [0.25, 0.3) is 0 Å². The van der Waals surface area contributed by atoms with E-state index < -0.39 is 11.9 Å². The Morgan fingerprint density at radius 3 is 1.40 bits per heavy atom. The van der Waals surface area contributed by atoms with E-state index in [4.69, 9.17) is 18.9 Å². The van der Waals surface area contributed by atoms with Gasteiger partial charge in [0.05, 0.1) is 13.2 Å². The van der Waals surface area contributed by atoms with Crippen LogP contribution in [0.2, 0.25) is 0 Å². The SMILES string of the molecule is CCOc1cc(OC(C)=O)c(OCC)cc1OC(C)=O. The Bertz CT molecular complexity index is 449. The van der Waals surface area contributed by atoms with Crippen molar-refractivity contribution in [3.63, 3.8) is 0 Å². The first-order chi connectivity index (χ1) is 9.47. The van der Waals surface area contributed by atoms with E-state index in [1.54, 1.807) is 13.8 Å². The highest BCUT2D eigenvalue weighted by atomic mass is 16.6. The number of ether oxygens (including phenoxy) is 4. The molecular formula is C14H18O6. The lowest BCUT2D eigenvalue weighted by Gasteiger charge is -2.15. The molecule has 0 N–H and O–H groups in total. The van der Waals surface area contributed by atoms with Gasteiger partial charge in [-0.1, -0.05) is 0 Å². The number of esters is 2. The van der Waals surface area contributed by atoms with Crippen LogP contribution in [0.3, 0.4) is 0 Å². The summed E-state index contributed by atoms with van der Waals surface area (Å²) in [5.74, 6) is 0.101. The number of rotatable bonds is 6. The number of carbonyl (C=O) groups excluding carboxylic acids is 2. The Morgan fingerprint density at radius 2 is 1.15 bits per heavy atom. The van der Waals surface area contributed by atoms with Crippen LogP contribution in [0, 0.1) is 0 Å². The molecule has 0 saturated carbocycles. The van der Waals surface area contributed by atoms with Crippen LogP contribution in [-0.4, -0.2) is 25.2 Å². The molecule has 1 aromatic rings. The highest BCUT2D eigenvalue weighted by Crippen LogP contribution is 2.40. The fourth-order valence-corrected chi connectivity index (χ4v) is 1.53. The molecule has 6 nitrogen and oxygen atoms in total. The van der Waals surface area contributed by atoms with Gasteiger partial charge in [-0.15, -0.1) is 0 Å². The first kappa shape index (κ1) is 15.8. The summed E-state index contributed by atoms with van der Waals surface area (Å²) in [4.78, 5) is 22.2. The number of benzene rings is 1. The van der Waals surface area contributed by atoms with Gasteiger partial charge in [-0.25, -0.2) is 0 Å². The van der Waals surface area contributed by atoms with Crippen molar-refractivity contribution in [1.82, 2.24) is 0 Å². The summed E-state index contributed by atoms with van der Waals surface area (Å²) in [5.41, 5.74) is 0. The minimum absolute atomic E-state index is 0.221. The molecule has 0 aliphatic carbocycles. The summed E-state index contributed by atoms with van der Waals surface area (Å²) in [5, 5.41) is 0. The molecule has 0 amide bonds. The average molecular weight is 282 g/mol. The number of carbonyl (C=O) groups is 2. The third kappa shape index (κ3) is 4.46. The Kier molecular flexibility index (Phi) is 5.83. The minimum Gasteiger partial charge on any atom is -0.490 e. The second-order valence-corrected chi connectivity index (χ2v) is 3.80. The summed E-state index contributed by atoms with van der Waals surface area (Å²) in [7, 11) is 0. The molecule has 0 fully saturated rings. The first-order valence-electron chi connectivity index (χ1n) is 6.28. The quantitative estimate of drug-likeness (QED) is 0.589. The van der Waals surface area contributed by atoms with Crippen LogP contribution in [0.4, 0.5) is 0 Å². The van der Waals surface area contributed by atoms with Crippen LogP contribution >= 0.6 is 0 Å². The molecule has 0 radical (unpaired) electrons. The summed E-state index contributed by atoms with van der Waals surface area (Å²) in [6.45, 7) is 6.91. The molecule has 0 bridgehead atoms. The van der Waals surface area contributed by atoms with Gasteiger partial charge in [0, 0.05) is 26.0 Å². The second-order valence-electron chi connectivity index (χ2n) is 3.80. The van der Waals surface area contributed by atoms with E-state index in [0.717, 1.165) is 0 Å². The molecule has 0 aliphatic rings. The van der Waals surface area contributed by atoms with Crippen molar-refractivity contribution in [2.45, 2.75) is 27.7 Å². The molecule has 0 unspecified atom stereocenters. The summed E-state index contributed by atoms with van der Waals surface area (Å²) in [6, 6.07) is 2.93. The Hall–Kier alpha value is -2.24. The molecule has 6 heteroatoms. The van der Waals surface area contributed by atoms with Crippen LogP contribution < -0.4 is 18.9 Å². The van der Waals surface area contributed by atoms with Crippen LogP contribution in [-0.2, 0) is 9.59 Å². The molecule has 110 valence electrons. The lowest BCUT2D eigenvalue weighted by molar-refractivity contribution is -0.133. The van der Waals surface area contributed by atoms with Gasteiger partial charge in [0.15, 0.2) is 23.0 Å².